The van der Waals surface area contributed by atoms with Crippen molar-refractivity contribution in [1.82, 2.24) is 4.90 Å². The Hall–Kier alpha value is -0.590. The van der Waals surface area contributed by atoms with Gasteiger partial charge in [-0.05, 0) is 38.2 Å². The SMILES string of the molecule is CCCC1CCCCN1C(=O)c1csc(S(=O)(=O)Cl)c1C. The van der Waals surface area contributed by atoms with Gasteiger partial charge in [0, 0.05) is 28.6 Å². The number of hydrogen-bond acceptors (Lipinski definition) is 4. The molecule has 0 radical (unpaired) electrons. The molecule has 0 saturated carbocycles. The predicted molar refractivity (Wildman–Crippen MR) is 85.7 cm³/mol. The van der Waals surface area contributed by atoms with Crippen molar-refractivity contribution in [3.63, 3.8) is 0 Å². The molecular formula is C14H20ClNO3S2. The Bertz CT molecular complexity index is 622. The molecule has 1 amide bonds. The number of rotatable bonds is 4. The summed E-state index contributed by atoms with van der Waals surface area (Å²) < 4.78 is 23.0. The maximum atomic E-state index is 12.7. The van der Waals surface area contributed by atoms with Crippen LogP contribution in [-0.2, 0) is 9.05 Å². The fourth-order valence-corrected chi connectivity index (χ4v) is 5.45. The second kappa shape index (κ2) is 6.67. The number of hydrogen-bond donors (Lipinski definition) is 0. The van der Waals surface area contributed by atoms with Crippen LogP contribution in [-0.4, -0.2) is 31.8 Å². The number of amides is 1. The summed E-state index contributed by atoms with van der Waals surface area (Å²) >= 11 is 1.02. The highest BCUT2D eigenvalue weighted by Gasteiger charge is 2.30. The van der Waals surface area contributed by atoms with Gasteiger partial charge in [0.2, 0.25) is 0 Å². The van der Waals surface area contributed by atoms with E-state index in [-0.39, 0.29) is 16.2 Å². The third kappa shape index (κ3) is 3.60. The predicted octanol–water partition coefficient (Wildman–Crippen LogP) is 3.78. The third-order valence-electron chi connectivity index (χ3n) is 3.96. The van der Waals surface area contributed by atoms with E-state index in [2.05, 4.69) is 6.92 Å². The van der Waals surface area contributed by atoms with E-state index in [4.69, 9.17) is 10.7 Å². The highest BCUT2D eigenvalue weighted by molar-refractivity contribution is 8.15. The number of nitrogens with zero attached hydrogens (tertiary/aromatic N) is 1. The number of likely N-dealkylation sites (tertiary alicyclic amines) is 1. The Morgan fingerprint density at radius 3 is 2.76 bits per heavy atom. The van der Waals surface area contributed by atoms with Crippen molar-refractivity contribution < 1.29 is 13.2 Å². The van der Waals surface area contributed by atoms with Crippen molar-refractivity contribution in [3.8, 4) is 0 Å². The topological polar surface area (TPSA) is 54.5 Å². The zero-order chi connectivity index (χ0) is 15.6. The summed E-state index contributed by atoms with van der Waals surface area (Å²) in [5.41, 5.74) is 0.947. The van der Waals surface area contributed by atoms with Gasteiger partial charge in [0.05, 0.1) is 5.56 Å². The van der Waals surface area contributed by atoms with Crippen molar-refractivity contribution >= 4 is 37.0 Å². The van der Waals surface area contributed by atoms with Gasteiger partial charge in [-0.15, -0.1) is 11.3 Å². The number of thiophene rings is 1. The zero-order valence-electron chi connectivity index (χ0n) is 12.3. The second-order valence-electron chi connectivity index (χ2n) is 5.44. The van der Waals surface area contributed by atoms with Crippen LogP contribution in [0.1, 0.15) is 54.9 Å². The van der Waals surface area contributed by atoms with E-state index in [0.717, 1.165) is 50.0 Å². The van der Waals surface area contributed by atoms with E-state index in [1.165, 1.54) is 0 Å². The number of carbonyl (C=O) groups is 1. The molecule has 1 aliphatic heterocycles. The Balaban J connectivity index is 2.29. The van der Waals surface area contributed by atoms with E-state index in [9.17, 15) is 13.2 Å². The first-order valence-corrected chi connectivity index (χ1v) is 10.4. The molecular weight excluding hydrogens is 330 g/mol. The Morgan fingerprint density at radius 1 is 1.48 bits per heavy atom. The normalized spacial score (nSPS) is 19.8. The lowest BCUT2D eigenvalue weighted by Crippen LogP contribution is -2.43. The molecule has 0 aliphatic carbocycles. The first kappa shape index (κ1) is 16.8. The number of carbonyl (C=O) groups excluding carboxylic acids is 1. The van der Waals surface area contributed by atoms with E-state index in [1.807, 2.05) is 4.90 Å². The number of halogens is 1. The van der Waals surface area contributed by atoms with E-state index in [0.29, 0.717) is 11.1 Å². The van der Waals surface area contributed by atoms with Crippen LogP contribution in [0.3, 0.4) is 0 Å². The van der Waals surface area contributed by atoms with Gasteiger partial charge < -0.3 is 4.90 Å². The molecule has 0 N–H and O–H groups in total. The summed E-state index contributed by atoms with van der Waals surface area (Å²) in [6, 6.07) is 0.270. The monoisotopic (exact) mass is 349 g/mol. The molecule has 1 unspecified atom stereocenters. The van der Waals surface area contributed by atoms with Crippen molar-refractivity contribution in [1.29, 1.82) is 0 Å². The van der Waals surface area contributed by atoms with Crippen LogP contribution in [0.2, 0.25) is 0 Å². The summed E-state index contributed by atoms with van der Waals surface area (Å²) in [4.78, 5) is 14.7. The number of piperidine rings is 1. The molecule has 1 fully saturated rings. The maximum Gasteiger partial charge on any atom is 0.271 e. The Labute approximate surface area is 134 Å². The van der Waals surface area contributed by atoms with Crippen LogP contribution in [0.4, 0.5) is 0 Å². The van der Waals surface area contributed by atoms with E-state index in [1.54, 1.807) is 12.3 Å². The van der Waals surface area contributed by atoms with Crippen LogP contribution in [0.25, 0.3) is 0 Å². The highest BCUT2D eigenvalue weighted by atomic mass is 35.7. The molecule has 1 atom stereocenters. The Morgan fingerprint density at radius 2 is 2.19 bits per heavy atom. The van der Waals surface area contributed by atoms with Gasteiger partial charge in [-0.25, -0.2) is 8.42 Å². The molecule has 0 bridgehead atoms. The van der Waals surface area contributed by atoms with E-state index >= 15 is 0 Å². The van der Waals surface area contributed by atoms with Crippen LogP contribution in [0, 0.1) is 6.92 Å². The smallest absolute Gasteiger partial charge is 0.271 e. The summed E-state index contributed by atoms with van der Waals surface area (Å²) in [6.45, 7) is 4.52. The molecule has 0 spiro atoms. The largest absolute Gasteiger partial charge is 0.336 e. The summed E-state index contributed by atoms with van der Waals surface area (Å²) in [6.07, 6.45) is 5.23. The first-order chi connectivity index (χ1) is 9.86. The fourth-order valence-electron chi connectivity index (χ4n) is 2.91. The quantitative estimate of drug-likeness (QED) is 0.777. The van der Waals surface area contributed by atoms with Crippen LogP contribution in [0.5, 0.6) is 0 Å². The van der Waals surface area contributed by atoms with Crippen molar-refractivity contribution in [2.24, 2.45) is 0 Å². The molecule has 118 valence electrons. The van der Waals surface area contributed by atoms with Crippen molar-refractivity contribution in [2.75, 3.05) is 6.54 Å². The average Bonchev–Trinajstić information content (AvgIpc) is 2.81. The lowest BCUT2D eigenvalue weighted by Gasteiger charge is -2.35. The van der Waals surface area contributed by atoms with Gasteiger partial charge >= 0.3 is 0 Å². The molecule has 2 rings (SSSR count). The molecule has 1 saturated heterocycles. The molecule has 4 nitrogen and oxygen atoms in total. The third-order valence-corrected chi connectivity index (χ3v) is 7.26. The van der Waals surface area contributed by atoms with Crippen LogP contribution in [0.15, 0.2) is 9.59 Å². The van der Waals surface area contributed by atoms with E-state index < -0.39 is 9.05 Å². The highest BCUT2D eigenvalue weighted by Crippen LogP contribution is 2.31. The van der Waals surface area contributed by atoms with Crippen molar-refractivity contribution in [3.05, 3.63) is 16.5 Å². The van der Waals surface area contributed by atoms with Gasteiger partial charge in [0.1, 0.15) is 4.21 Å². The first-order valence-electron chi connectivity index (χ1n) is 7.20. The van der Waals surface area contributed by atoms with Crippen LogP contribution >= 0.6 is 22.0 Å². The molecule has 7 heteroatoms. The molecule has 1 aromatic heterocycles. The minimum atomic E-state index is -3.78. The van der Waals surface area contributed by atoms with Gasteiger partial charge in [-0.2, -0.15) is 0 Å². The summed E-state index contributed by atoms with van der Waals surface area (Å²) in [5.74, 6) is -0.0616. The molecule has 2 heterocycles. The van der Waals surface area contributed by atoms with Gasteiger partial charge in [-0.3, -0.25) is 4.79 Å². The lowest BCUT2D eigenvalue weighted by atomic mass is 9.97. The minimum absolute atomic E-state index is 0.0616. The van der Waals surface area contributed by atoms with Gasteiger partial charge in [0.25, 0.3) is 15.0 Å². The minimum Gasteiger partial charge on any atom is -0.336 e. The molecule has 0 aromatic carbocycles. The fraction of sp³-hybridized carbons (Fsp3) is 0.643. The average molecular weight is 350 g/mol. The maximum absolute atomic E-state index is 12.7. The summed E-state index contributed by atoms with van der Waals surface area (Å²) in [7, 11) is 1.62. The molecule has 21 heavy (non-hydrogen) atoms. The second-order valence-corrected chi connectivity index (χ2v) is 9.08. The Kier molecular flexibility index (Phi) is 5.33. The molecule has 1 aromatic rings. The van der Waals surface area contributed by atoms with Crippen LogP contribution < -0.4 is 0 Å². The van der Waals surface area contributed by atoms with Gasteiger partial charge in [-0.1, -0.05) is 13.3 Å². The van der Waals surface area contributed by atoms with Gasteiger partial charge in [0.15, 0.2) is 0 Å². The summed E-state index contributed by atoms with van der Waals surface area (Å²) in [5, 5.41) is 1.62. The standard InChI is InChI=1S/C14H20ClNO3S2/c1-3-6-11-7-4-5-8-16(11)13(17)12-9-20-14(10(12)2)21(15,18)19/h9,11H,3-8H2,1-2H3. The lowest BCUT2D eigenvalue weighted by molar-refractivity contribution is 0.0600. The zero-order valence-corrected chi connectivity index (χ0v) is 14.7. The molecule has 1 aliphatic rings. The van der Waals surface area contributed by atoms with Crippen molar-refractivity contribution in [2.45, 2.75) is 56.2 Å².